The van der Waals surface area contributed by atoms with E-state index in [9.17, 15) is 0 Å². The smallest absolute Gasteiger partial charge is 0.143 e. The minimum atomic E-state index is 0.780. The highest BCUT2D eigenvalue weighted by Gasteiger charge is 2.02. The van der Waals surface area contributed by atoms with E-state index in [-0.39, 0.29) is 0 Å². The molecule has 0 atom stereocenters. The molecule has 0 unspecified atom stereocenters. The van der Waals surface area contributed by atoms with Crippen molar-refractivity contribution >= 4 is 17.6 Å². The summed E-state index contributed by atoms with van der Waals surface area (Å²) in [6, 6.07) is 4.01. The Balaban J connectivity index is 2.30. The Morgan fingerprint density at radius 3 is 2.82 bits per heavy atom. The summed E-state index contributed by atoms with van der Waals surface area (Å²) in [4.78, 5) is 6.61. The van der Waals surface area contributed by atoms with Crippen LogP contribution in [0.3, 0.4) is 0 Å². The number of hydrazine groups is 1. The number of pyridine rings is 1. The summed E-state index contributed by atoms with van der Waals surface area (Å²) in [5, 5.41) is 0. The van der Waals surface area contributed by atoms with E-state index in [1.165, 1.54) is 5.56 Å². The molecule has 0 aliphatic carbocycles. The third-order valence-electron chi connectivity index (χ3n) is 2.73. The van der Waals surface area contributed by atoms with Crippen molar-refractivity contribution in [3.63, 3.8) is 0 Å². The maximum absolute atomic E-state index is 5.42. The van der Waals surface area contributed by atoms with Crippen LogP contribution >= 0.6 is 11.8 Å². The van der Waals surface area contributed by atoms with Crippen LogP contribution < -0.4 is 11.3 Å². The molecular weight excluding hydrogens is 232 g/mol. The number of nitrogens with two attached hydrogens (primary N) is 1. The van der Waals surface area contributed by atoms with E-state index < -0.39 is 0 Å². The molecule has 0 aliphatic rings. The van der Waals surface area contributed by atoms with Gasteiger partial charge >= 0.3 is 0 Å². The van der Waals surface area contributed by atoms with Crippen molar-refractivity contribution in [3.05, 3.63) is 23.9 Å². The number of anilines is 1. The van der Waals surface area contributed by atoms with E-state index in [1.807, 2.05) is 17.8 Å². The first-order valence-corrected chi connectivity index (χ1v) is 7.17. The first-order chi connectivity index (χ1) is 8.31. The summed E-state index contributed by atoms with van der Waals surface area (Å²) in [6.45, 7) is 7.79. The summed E-state index contributed by atoms with van der Waals surface area (Å²) in [5.74, 6) is 8.29. The van der Waals surface area contributed by atoms with Crippen LogP contribution in [0.25, 0.3) is 0 Å². The zero-order valence-corrected chi connectivity index (χ0v) is 11.5. The van der Waals surface area contributed by atoms with Gasteiger partial charge in [0.05, 0.1) is 0 Å². The first kappa shape index (κ1) is 14.3. The fourth-order valence-corrected chi connectivity index (χ4v) is 2.59. The standard InChI is InChI=1S/C12H22N4S/c1-3-16(4-2)8-9-17-10-11-6-5-7-14-12(11)15-13/h5-7H,3-4,8-10,13H2,1-2H3,(H,14,15). The molecule has 3 N–H and O–H groups in total. The highest BCUT2D eigenvalue weighted by Crippen LogP contribution is 2.17. The molecule has 0 aromatic carbocycles. The monoisotopic (exact) mass is 254 g/mol. The zero-order chi connectivity index (χ0) is 12.5. The largest absolute Gasteiger partial charge is 0.308 e. The van der Waals surface area contributed by atoms with Gasteiger partial charge in [-0.3, -0.25) is 0 Å². The van der Waals surface area contributed by atoms with Crippen LogP contribution in [0.1, 0.15) is 19.4 Å². The molecule has 1 aromatic heterocycles. The van der Waals surface area contributed by atoms with Crippen molar-refractivity contribution in [2.75, 3.05) is 30.8 Å². The lowest BCUT2D eigenvalue weighted by atomic mass is 10.3. The average molecular weight is 254 g/mol. The van der Waals surface area contributed by atoms with Gasteiger partial charge < -0.3 is 10.3 Å². The second kappa shape index (κ2) is 8.33. The number of nitrogens with one attached hydrogen (secondary N) is 1. The Kier molecular flexibility index (Phi) is 7.00. The van der Waals surface area contributed by atoms with Gasteiger partial charge in [0.25, 0.3) is 0 Å². The van der Waals surface area contributed by atoms with E-state index in [1.54, 1.807) is 6.20 Å². The number of hydrogen-bond donors (Lipinski definition) is 2. The molecule has 1 aromatic rings. The SMILES string of the molecule is CCN(CC)CCSCc1cccnc1NN. The minimum absolute atomic E-state index is 0.780. The number of aromatic nitrogens is 1. The molecule has 1 heterocycles. The van der Waals surface area contributed by atoms with Crippen molar-refractivity contribution in [2.45, 2.75) is 19.6 Å². The Morgan fingerprint density at radius 2 is 2.18 bits per heavy atom. The summed E-state index contributed by atoms with van der Waals surface area (Å²) in [7, 11) is 0. The van der Waals surface area contributed by atoms with Crippen LogP contribution in [-0.4, -0.2) is 35.3 Å². The van der Waals surface area contributed by atoms with Crippen molar-refractivity contribution in [1.82, 2.24) is 9.88 Å². The molecule has 0 amide bonds. The van der Waals surface area contributed by atoms with E-state index in [4.69, 9.17) is 5.84 Å². The van der Waals surface area contributed by atoms with E-state index in [0.29, 0.717) is 0 Å². The van der Waals surface area contributed by atoms with Gasteiger partial charge in [0, 0.05) is 29.8 Å². The molecular formula is C12H22N4S. The van der Waals surface area contributed by atoms with Gasteiger partial charge in [-0.25, -0.2) is 10.8 Å². The van der Waals surface area contributed by atoms with Gasteiger partial charge in [0.15, 0.2) is 0 Å². The normalized spacial score (nSPS) is 10.8. The number of thioether (sulfide) groups is 1. The van der Waals surface area contributed by atoms with Crippen molar-refractivity contribution in [3.8, 4) is 0 Å². The van der Waals surface area contributed by atoms with E-state index in [0.717, 1.165) is 37.0 Å². The van der Waals surface area contributed by atoms with Gasteiger partial charge in [0.1, 0.15) is 5.82 Å². The van der Waals surface area contributed by atoms with Crippen LogP contribution in [-0.2, 0) is 5.75 Å². The highest BCUT2D eigenvalue weighted by molar-refractivity contribution is 7.98. The lowest BCUT2D eigenvalue weighted by Gasteiger charge is -2.17. The Hall–Kier alpha value is -0.780. The summed E-state index contributed by atoms with van der Waals surface area (Å²) in [5.41, 5.74) is 3.80. The van der Waals surface area contributed by atoms with Gasteiger partial charge in [-0.15, -0.1) is 0 Å². The fraction of sp³-hybridized carbons (Fsp3) is 0.583. The number of nitrogen functional groups attached to an aromatic ring is 1. The number of nitrogens with zero attached hydrogens (tertiary/aromatic N) is 2. The van der Waals surface area contributed by atoms with Crippen LogP contribution in [0.2, 0.25) is 0 Å². The predicted molar refractivity (Wildman–Crippen MR) is 76.0 cm³/mol. The maximum atomic E-state index is 5.42. The summed E-state index contributed by atoms with van der Waals surface area (Å²) in [6.07, 6.45) is 1.75. The van der Waals surface area contributed by atoms with E-state index in [2.05, 4.69) is 35.2 Å². The molecule has 5 heteroatoms. The van der Waals surface area contributed by atoms with Crippen LogP contribution in [0.5, 0.6) is 0 Å². The molecule has 17 heavy (non-hydrogen) atoms. The van der Waals surface area contributed by atoms with Crippen LogP contribution in [0.15, 0.2) is 18.3 Å². The van der Waals surface area contributed by atoms with Gasteiger partial charge in [0.2, 0.25) is 0 Å². The second-order valence-corrected chi connectivity index (χ2v) is 4.84. The topological polar surface area (TPSA) is 54.2 Å². The van der Waals surface area contributed by atoms with Crippen LogP contribution in [0.4, 0.5) is 5.82 Å². The predicted octanol–water partition coefficient (Wildman–Crippen LogP) is 1.94. The van der Waals surface area contributed by atoms with Crippen molar-refractivity contribution < 1.29 is 0 Å². The molecule has 0 saturated heterocycles. The molecule has 96 valence electrons. The summed E-state index contributed by atoms with van der Waals surface area (Å²) < 4.78 is 0. The van der Waals surface area contributed by atoms with E-state index >= 15 is 0 Å². The molecule has 0 saturated carbocycles. The van der Waals surface area contributed by atoms with Crippen molar-refractivity contribution in [1.29, 1.82) is 0 Å². The quantitative estimate of drug-likeness (QED) is 0.422. The second-order valence-electron chi connectivity index (χ2n) is 3.73. The summed E-state index contributed by atoms with van der Waals surface area (Å²) >= 11 is 1.92. The Labute approximate surface area is 108 Å². The fourth-order valence-electron chi connectivity index (χ4n) is 1.60. The number of hydrogen-bond acceptors (Lipinski definition) is 5. The molecule has 1 rings (SSSR count). The third kappa shape index (κ3) is 4.93. The molecule has 4 nitrogen and oxygen atoms in total. The molecule has 0 bridgehead atoms. The Morgan fingerprint density at radius 1 is 1.41 bits per heavy atom. The molecule has 0 radical (unpaired) electrons. The lowest BCUT2D eigenvalue weighted by Crippen LogP contribution is -2.25. The minimum Gasteiger partial charge on any atom is -0.308 e. The lowest BCUT2D eigenvalue weighted by molar-refractivity contribution is 0.324. The number of rotatable bonds is 8. The highest BCUT2D eigenvalue weighted by atomic mass is 32.2. The van der Waals surface area contributed by atoms with Gasteiger partial charge in [-0.1, -0.05) is 19.9 Å². The zero-order valence-electron chi connectivity index (χ0n) is 10.6. The van der Waals surface area contributed by atoms with Crippen LogP contribution in [0, 0.1) is 0 Å². The maximum Gasteiger partial charge on any atom is 0.143 e. The Bertz CT molecular complexity index is 315. The molecule has 0 fully saturated rings. The molecule has 0 aliphatic heterocycles. The average Bonchev–Trinajstić information content (AvgIpc) is 2.39. The van der Waals surface area contributed by atoms with Gasteiger partial charge in [-0.2, -0.15) is 11.8 Å². The van der Waals surface area contributed by atoms with Crippen molar-refractivity contribution in [2.24, 2.45) is 5.84 Å². The van der Waals surface area contributed by atoms with Gasteiger partial charge in [-0.05, 0) is 19.2 Å². The molecule has 0 spiro atoms. The third-order valence-corrected chi connectivity index (χ3v) is 3.72. The first-order valence-electron chi connectivity index (χ1n) is 6.02.